The van der Waals surface area contributed by atoms with Crippen molar-refractivity contribution < 1.29 is 42.9 Å². The third kappa shape index (κ3) is 11.0. The van der Waals surface area contributed by atoms with Crippen LogP contribution in [0.3, 0.4) is 0 Å². The molecule has 1 amide bonds. The first-order valence-corrected chi connectivity index (χ1v) is 10.7. The van der Waals surface area contributed by atoms with Gasteiger partial charge in [0.05, 0.1) is 0 Å². The molecule has 1 aliphatic rings. The summed E-state index contributed by atoms with van der Waals surface area (Å²) in [5, 5.41) is 6.11. The van der Waals surface area contributed by atoms with Crippen LogP contribution in [-0.2, 0) is 42.9 Å². The Labute approximate surface area is 192 Å². The minimum atomic E-state index is -1.15. The summed E-state index contributed by atoms with van der Waals surface area (Å²) in [4.78, 5) is 49.4. The summed E-state index contributed by atoms with van der Waals surface area (Å²) < 4.78 is 27.5. The SMILES string of the molecule is CC(=O)NC1C(OCCCCCCN=[N+]=[N-])OC(COC(C)=O)C(OC(C)=O)C1OC(C)=O. The molecule has 0 radical (unpaired) electrons. The number of nitrogens with one attached hydrogen (secondary N) is 1. The first kappa shape index (κ1) is 28.1. The van der Waals surface area contributed by atoms with E-state index in [1.54, 1.807) is 0 Å². The normalized spacial score (nSPS) is 24.2. The molecular formula is C20H32N4O9. The lowest BCUT2D eigenvalue weighted by Gasteiger charge is -2.44. The number of unbranched alkanes of at least 4 members (excludes halogenated alkanes) is 3. The van der Waals surface area contributed by atoms with E-state index < -0.39 is 54.5 Å². The number of ether oxygens (including phenoxy) is 5. The van der Waals surface area contributed by atoms with E-state index in [9.17, 15) is 19.2 Å². The minimum absolute atomic E-state index is 0.258. The Morgan fingerprint density at radius 3 is 2.15 bits per heavy atom. The lowest BCUT2D eigenvalue weighted by Crippen LogP contribution is -2.66. The van der Waals surface area contributed by atoms with Gasteiger partial charge in [-0.3, -0.25) is 19.2 Å². The van der Waals surface area contributed by atoms with Crippen molar-refractivity contribution in [1.82, 2.24) is 5.32 Å². The molecular weight excluding hydrogens is 440 g/mol. The van der Waals surface area contributed by atoms with Gasteiger partial charge < -0.3 is 29.0 Å². The smallest absolute Gasteiger partial charge is 0.303 e. The molecule has 0 aliphatic carbocycles. The first-order valence-electron chi connectivity index (χ1n) is 10.7. The maximum absolute atomic E-state index is 11.8. The van der Waals surface area contributed by atoms with Gasteiger partial charge in [-0.1, -0.05) is 18.0 Å². The second kappa shape index (κ2) is 15.0. The van der Waals surface area contributed by atoms with Gasteiger partial charge in [-0.25, -0.2) is 0 Å². The first-order chi connectivity index (χ1) is 15.6. The Morgan fingerprint density at radius 2 is 1.58 bits per heavy atom. The van der Waals surface area contributed by atoms with Gasteiger partial charge in [-0.05, 0) is 18.4 Å². The topological polar surface area (TPSA) is 175 Å². The molecule has 1 saturated heterocycles. The van der Waals surface area contributed by atoms with Gasteiger partial charge in [-0.15, -0.1) is 0 Å². The number of carbonyl (C=O) groups is 4. The van der Waals surface area contributed by atoms with Gasteiger partial charge in [0.1, 0.15) is 18.8 Å². The van der Waals surface area contributed by atoms with Crippen molar-refractivity contribution in [3.63, 3.8) is 0 Å². The maximum atomic E-state index is 11.8. The molecule has 5 atom stereocenters. The second-order valence-electron chi connectivity index (χ2n) is 7.46. The van der Waals surface area contributed by atoms with Gasteiger partial charge >= 0.3 is 17.9 Å². The van der Waals surface area contributed by atoms with E-state index in [2.05, 4.69) is 15.3 Å². The van der Waals surface area contributed by atoms with Crippen LogP contribution in [0.4, 0.5) is 0 Å². The van der Waals surface area contributed by atoms with Crippen LogP contribution in [0, 0.1) is 0 Å². The van der Waals surface area contributed by atoms with E-state index in [0.29, 0.717) is 13.0 Å². The van der Waals surface area contributed by atoms with Crippen molar-refractivity contribution >= 4 is 23.8 Å². The molecule has 1 fully saturated rings. The Morgan fingerprint density at radius 1 is 0.939 bits per heavy atom. The van der Waals surface area contributed by atoms with Gasteiger partial charge in [0.2, 0.25) is 5.91 Å². The molecule has 186 valence electrons. The van der Waals surface area contributed by atoms with E-state index >= 15 is 0 Å². The van der Waals surface area contributed by atoms with Gasteiger partial charge in [-0.2, -0.15) is 0 Å². The number of esters is 3. The average molecular weight is 472 g/mol. The second-order valence-corrected chi connectivity index (χ2v) is 7.46. The molecule has 0 spiro atoms. The highest BCUT2D eigenvalue weighted by Gasteiger charge is 2.51. The molecule has 13 heteroatoms. The summed E-state index contributed by atoms with van der Waals surface area (Å²) in [7, 11) is 0. The van der Waals surface area contributed by atoms with Gasteiger partial charge in [0, 0.05) is 45.8 Å². The summed E-state index contributed by atoms with van der Waals surface area (Å²) in [6.45, 7) is 5.24. The van der Waals surface area contributed by atoms with Crippen molar-refractivity contribution in [2.24, 2.45) is 5.11 Å². The van der Waals surface area contributed by atoms with Crippen LogP contribution in [0.25, 0.3) is 10.4 Å². The summed E-state index contributed by atoms with van der Waals surface area (Å²) in [5.41, 5.74) is 8.28. The summed E-state index contributed by atoms with van der Waals surface area (Å²) in [5.74, 6) is -2.35. The number of carbonyl (C=O) groups excluding carboxylic acids is 4. The Hall–Kier alpha value is -2.89. The number of azide groups is 1. The van der Waals surface area contributed by atoms with Crippen LogP contribution in [0.5, 0.6) is 0 Å². The fourth-order valence-corrected chi connectivity index (χ4v) is 3.32. The van der Waals surface area contributed by atoms with Crippen LogP contribution in [0.2, 0.25) is 0 Å². The maximum Gasteiger partial charge on any atom is 0.303 e. The molecule has 1 heterocycles. The number of amides is 1. The molecule has 13 nitrogen and oxygen atoms in total. The number of rotatable bonds is 13. The predicted molar refractivity (Wildman–Crippen MR) is 112 cm³/mol. The summed E-state index contributed by atoms with van der Waals surface area (Å²) in [6, 6.07) is -0.978. The average Bonchev–Trinajstić information content (AvgIpc) is 2.71. The van der Waals surface area contributed by atoms with E-state index in [0.717, 1.165) is 19.3 Å². The molecule has 0 aromatic rings. The van der Waals surface area contributed by atoms with Crippen molar-refractivity contribution in [2.45, 2.75) is 84.0 Å². The molecule has 1 N–H and O–H groups in total. The van der Waals surface area contributed by atoms with Crippen LogP contribution < -0.4 is 5.32 Å². The van der Waals surface area contributed by atoms with Crippen LogP contribution in [0.15, 0.2) is 5.11 Å². The quantitative estimate of drug-likeness (QED) is 0.104. The van der Waals surface area contributed by atoms with E-state index in [-0.39, 0.29) is 13.2 Å². The zero-order valence-corrected chi connectivity index (χ0v) is 19.4. The van der Waals surface area contributed by atoms with E-state index in [4.69, 9.17) is 29.2 Å². The van der Waals surface area contributed by atoms with E-state index in [1.807, 2.05) is 0 Å². The largest absolute Gasteiger partial charge is 0.463 e. The van der Waals surface area contributed by atoms with Gasteiger partial charge in [0.15, 0.2) is 18.5 Å². The minimum Gasteiger partial charge on any atom is -0.463 e. The summed E-state index contributed by atoms with van der Waals surface area (Å²) in [6.07, 6.45) is -1.30. The molecule has 0 saturated carbocycles. The van der Waals surface area contributed by atoms with Crippen LogP contribution in [-0.4, -0.2) is 74.2 Å². The highest BCUT2D eigenvalue weighted by molar-refractivity contribution is 5.73. The number of hydrogen-bond acceptors (Lipinski definition) is 10. The molecule has 1 rings (SSSR count). The summed E-state index contributed by atoms with van der Waals surface area (Å²) >= 11 is 0. The lowest BCUT2D eigenvalue weighted by molar-refractivity contribution is -0.277. The monoisotopic (exact) mass is 472 g/mol. The number of nitrogens with zero attached hydrogens (tertiary/aromatic N) is 3. The van der Waals surface area contributed by atoms with Gasteiger partial charge in [0.25, 0.3) is 0 Å². The Bertz CT molecular complexity index is 726. The highest BCUT2D eigenvalue weighted by atomic mass is 16.7. The van der Waals surface area contributed by atoms with Crippen LogP contribution >= 0.6 is 0 Å². The fraction of sp³-hybridized carbons (Fsp3) is 0.800. The highest BCUT2D eigenvalue weighted by Crippen LogP contribution is 2.28. The Balaban J connectivity index is 2.98. The Kier molecular flexibility index (Phi) is 12.8. The third-order valence-corrected chi connectivity index (χ3v) is 4.57. The standard InChI is InChI=1S/C20H32N4O9/c1-12(25)23-17-19(32-15(4)28)18(31-14(3)27)16(11-30-13(2)26)33-20(17)29-10-8-6-5-7-9-22-24-21/h16-20H,5-11H2,1-4H3,(H,23,25). The van der Waals surface area contributed by atoms with Crippen molar-refractivity contribution in [1.29, 1.82) is 0 Å². The molecule has 1 aliphatic heterocycles. The lowest BCUT2D eigenvalue weighted by atomic mass is 9.96. The van der Waals surface area contributed by atoms with Crippen molar-refractivity contribution in [2.75, 3.05) is 19.8 Å². The molecule has 0 aromatic heterocycles. The molecule has 33 heavy (non-hydrogen) atoms. The third-order valence-electron chi connectivity index (χ3n) is 4.57. The van der Waals surface area contributed by atoms with Crippen molar-refractivity contribution in [3.8, 4) is 0 Å². The molecule has 0 bridgehead atoms. The number of hydrogen-bond donors (Lipinski definition) is 1. The predicted octanol–water partition coefficient (Wildman–Crippen LogP) is 1.53. The van der Waals surface area contributed by atoms with Crippen LogP contribution in [0.1, 0.15) is 53.4 Å². The van der Waals surface area contributed by atoms with E-state index in [1.165, 1.54) is 27.7 Å². The zero-order chi connectivity index (χ0) is 24.8. The van der Waals surface area contributed by atoms with Crippen molar-refractivity contribution in [3.05, 3.63) is 10.4 Å². The molecule has 5 unspecified atom stereocenters. The fourth-order valence-electron chi connectivity index (χ4n) is 3.32. The zero-order valence-electron chi connectivity index (χ0n) is 19.4. The molecule has 0 aromatic carbocycles.